The van der Waals surface area contributed by atoms with Crippen molar-refractivity contribution in [1.29, 1.82) is 0 Å². The number of halogens is 1. The first-order valence-electron chi connectivity index (χ1n) is 8.54. The lowest BCUT2D eigenvalue weighted by Crippen LogP contribution is -2.24. The zero-order valence-corrected chi connectivity index (χ0v) is 15.5. The molecule has 0 spiro atoms. The quantitative estimate of drug-likeness (QED) is 0.515. The Kier molecular flexibility index (Phi) is 4.65. The summed E-state index contributed by atoms with van der Waals surface area (Å²) in [7, 11) is 1.63. The van der Waals surface area contributed by atoms with Crippen molar-refractivity contribution in [3.05, 3.63) is 93.7 Å². The van der Waals surface area contributed by atoms with E-state index < -0.39 is 0 Å². The highest BCUT2D eigenvalue weighted by atomic mass is 35.5. The van der Waals surface area contributed by atoms with Gasteiger partial charge in [-0.25, -0.2) is 4.98 Å². The summed E-state index contributed by atoms with van der Waals surface area (Å²) in [5.41, 5.74) is 2.45. The molecule has 5 heteroatoms. The predicted octanol–water partition coefficient (Wildman–Crippen LogP) is 4.77. The van der Waals surface area contributed by atoms with Crippen LogP contribution in [0.15, 0.2) is 77.6 Å². The van der Waals surface area contributed by atoms with Gasteiger partial charge in [-0.1, -0.05) is 35.9 Å². The number of rotatable bonds is 4. The zero-order valence-electron chi connectivity index (χ0n) is 14.7. The van der Waals surface area contributed by atoms with Gasteiger partial charge in [-0.2, -0.15) is 0 Å². The number of nitrogens with zero attached hydrogens (tertiary/aromatic N) is 2. The van der Waals surface area contributed by atoms with Crippen LogP contribution in [0.4, 0.5) is 0 Å². The Bertz CT molecular complexity index is 1150. The van der Waals surface area contributed by atoms with Crippen LogP contribution in [0, 0.1) is 0 Å². The SMILES string of the molecule is COc1ccc(Cn2c(-c3ccc(Cl)cc3)nc3ccccc3c2=O)cc1. The predicted molar refractivity (Wildman–Crippen MR) is 109 cm³/mol. The summed E-state index contributed by atoms with van der Waals surface area (Å²) < 4.78 is 6.91. The molecule has 0 aliphatic carbocycles. The summed E-state index contributed by atoms with van der Waals surface area (Å²) in [6, 6.07) is 22.4. The van der Waals surface area contributed by atoms with Crippen molar-refractivity contribution >= 4 is 22.5 Å². The second-order valence-electron chi connectivity index (χ2n) is 6.20. The van der Waals surface area contributed by atoms with Gasteiger partial charge in [-0.05, 0) is 54.1 Å². The van der Waals surface area contributed by atoms with Gasteiger partial charge in [0.2, 0.25) is 0 Å². The Balaban J connectivity index is 1.90. The van der Waals surface area contributed by atoms with Gasteiger partial charge in [0, 0.05) is 10.6 Å². The fraction of sp³-hybridized carbons (Fsp3) is 0.0909. The fourth-order valence-corrected chi connectivity index (χ4v) is 3.17. The lowest BCUT2D eigenvalue weighted by molar-refractivity contribution is 0.414. The highest BCUT2D eigenvalue weighted by Gasteiger charge is 2.13. The van der Waals surface area contributed by atoms with E-state index in [0.29, 0.717) is 28.3 Å². The van der Waals surface area contributed by atoms with Crippen LogP contribution in [-0.2, 0) is 6.54 Å². The van der Waals surface area contributed by atoms with E-state index in [1.54, 1.807) is 29.9 Å². The van der Waals surface area contributed by atoms with Crippen LogP contribution in [0.25, 0.3) is 22.3 Å². The summed E-state index contributed by atoms with van der Waals surface area (Å²) >= 11 is 6.02. The topological polar surface area (TPSA) is 44.1 Å². The average molecular weight is 377 g/mol. The van der Waals surface area contributed by atoms with Crippen molar-refractivity contribution in [2.24, 2.45) is 0 Å². The molecule has 0 radical (unpaired) electrons. The van der Waals surface area contributed by atoms with Crippen LogP contribution in [0.3, 0.4) is 0 Å². The molecule has 0 aliphatic heterocycles. The van der Waals surface area contributed by atoms with Crippen molar-refractivity contribution in [3.63, 3.8) is 0 Å². The second-order valence-corrected chi connectivity index (χ2v) is 6.64. The number of ether oxygens (including phenoxy) is 1. The first-order chi connectivity index (χ1) is 13.2. The molecule has 4 rings (SSSR count). The Labute approximate surface area is 161 Å². The number of hydrogen-bond acceptors (Lipinski definition) is 3. The molecule has 0 N–H and O–H groups in total. The molecule has 3 aromatic carbocycles. The van der Waals surface area contributed by atoms with Crippen LogP contribution >= 0.6 is 11.6 Å². The van der Waals surface area contributed by atoms with E-state index in [4.69, 9.17) is 21.3 Å². The standard InChI is InChI=1S/C22H17ClN2O2/c1-27-18-12-6-15(7-13-18)14-25-21(16-8-10-17(23)11-9-16)24-20-5-3-2-4-19(20)22(25)26/h2-13H,14H2,1H3. The van der Waals surface area contributed by atoms with Crippen LogP contribution in [-0.4, -0.2) is 16.7 Å². The van der Waals surface area contributed by atoms with Crippen molar-refractivity contribution in [2.45, 2.75) is 6.54 Å². The minimum atomic E-state index is -0.0682. The number of fused-ring (bicyclic) bond motifs is 1. The van der Waals surface area contributed by atoms with Gasteiger partial charge >= 0.3 is 0 Å². The van der Waals surface area contributed by atoms with Crippen molar-refractivity contribution < 1.29 is 4.74 Å². The average Bonchev–Trinajstić information content (AvgIpc) is 2.71. The largest absolute Gasteiger partial charge is 0.497 e. The maximum atomic E-state index is 13.2. The molecule has 27 heavy (non-hydrogen) atoms. The van der Waals surface area contributed by atoms with Crippen LogP contribution in [0.5, 0.6) is 5.75 Å². The summed E-state index contributed by atoms with van der Waals surface area (Å²) in [5.74, 6) is 1.40. The van der Waals surface area contributed by atoms with Crippen LogP contribution < -0.4 is 10.3 Å². The van der Waals surface area contributed by atoms with E-state index in [-0.39, 0.29) is 5.56 Å². The molecule has 0 saturated heterocycles. The second kappa shape index (κ2) is 7.25. The molecule has 0 aliphatic rings. The first kappa shape index (κ1) is 17.3. The molecule has 0 atom stereocenters. The molecule has 0 bridgehead atoms. The third-order valence-electron chi connectivity index (χ3n) is 4.46. The zero-order chi connectivity index (χ0) is 18.8. The smallest absolute Gasteiger partial charge is 0.261 e. The fourth-order valence-electron chi connectivity index (χ4n) is 3.05. The summed E-state index contributed by atoms with van der Waals surface area (Å²) in [5, 5.41) is 1.24. The third-order valence-corrected chi connectivity index (χ3v) is 4.72. The number of aromatic nitrogens is 2. The number of benzene rings is 3. The van der Waals surface area contributed by atoms with E-state index in [0.717, 1.165) is 16.9 Å². The van der Waals surface area contributed by atoms with Gasteiger partial charge in [-0.3, -0.25) is 9.36 Å². The maximum absolute atomic E-state index is 13.2. The minimum absolute atomic E-state index is 0.0682. The third kappa shape index (κ3) is 3.44. The molecular weight excluding hydrogens is 360 g/mol. The molecule has 134 valence electrons. The van der Waals surface area contributed by atoms with Crippen LogP contribution in [0.1, 0.15) is 5.56 Å². The number of methoxy groups -OCH3 is 1. The van der Waals surface area contributed by atoms with Gasteiger partial charge in [0.1, 0.15) is 11.6 Å². The monoisotopic (exact) mass is 376 g/mol. The van der Waals surface area contributed by atoms with Gasteiger partial charge in [-0.15, -0.1) is 0 Å². The van der Waals surface area contributed by atoms with Gasteiger partial charge < -0.3 is 4.74 Å². The maximum Gasteiger partial charge on any atom is 0.261 e. The lowest BCUT2D eigenvalue weighted by Gasteiger charge is -2.14. The number of para-hydroxylation sites is 1. The van der Waals surface area contributed by atoms with Crippen LogP contribution in [0.2, 0.25) is 5.02 Å². The van der Waals surface area contributed by atoms with E-state index in [1.807, 2.05) is 54.6 Å². The lowest BCUT2D eigenvalue weighted by atomic mass is 10.1. The van der Waals surface area contributed by atoms with Crippen molar-refractivity contribution in [1.82, 2.24) is 9.55 Å². The molecule has 0 fully saturated rings. The van der Waals surface area contributed by atoms with Gasteiger partial charge in [0.15, 0.2) is 0 Å². The first-order valence-corrected chi connectivity index (χ1v) is 8.92. The molecule has 1 aromatic heterocycles. The Morgan fingerprint density at radius 1 is 0.963 bits per heavy atom. The molecule has 0 saturated carbocycles. The summed E-state index contributed by atoms with van der Waals surface area (Å²) in [6.07, 6.45) is 0. The highest BCUT2D eigenvalue weighted by molar-refractivity contribution is 6.30. The minimum Gasteiger partial charge on any atom is -0.497 e. The molecular formula is C22H17ClN2O2. The van der Waals surface area contributed by atoms with E-state index in [9.17, 15) is 4.79 Å². The Morgan fingerprint density at radius 2 is 1.67 bits per heavy atom. The highest BCUT2D eigenvalue weighted by Crippen LogP contribution is 2.22. The van der Waals surface area contributed by atoms with Gasteiger partial charge in [0.25, 0.3) is 5.56 Å². The van der Waals surface area contributed by atoms with Crippen molar-refractivity contribution in [2.75, 3.05) is 7.11 Å². The summed E-state index contributed by atoms with van der Waals surface area (Å²) in [4.78, 5) is 18.0. The molecule has 4 aromatic rings. The Morgan fingerprint density at radius 3 is 2.37 bits per heavy atom. The van der Waals surface area contributed by atoms with E-state index in [2.05, 4.69) is 0 Å². The molecule has 0 unspecified atom stereocenters. The summed E-state index contributed by atoms with van der Waals surface area (Å²) in [6.45, 7) is 0.415. The van der Waals surface area contributed by atoms with Crippen molar-refractivity contribution in [3.8, 4) is 17.1 Å². The normalized spacial score (nSPS) is 10.9. The number of hydrogen-bond donors (Lipinski definition) is 0. The molecule has 4 nitrogen and oxygen atoms in total. The van der Waals surface area contributed by atoms with E-state index in [1.165, 1.54) is 0 Å². The Hall–Kier alpha value is -3.11. The molecule has 0 amide bonds. The molecule has 1 heterocycles. The van der Waals surface area contributed by atoms with Gasteiger partial charge in [0.05, 0.1) is 24.6 Å². The van der Waals surface area contributed by atoms with E-state index >= 15 is 0 Å².